The van der Waals surface area contributed by atoms with Crippen LogP contribution >= 0.6 is 0 Å². The first-order chi connectivity index (χ1) is 13.1. The van der Waals surface area contributed by atoms with Crippen molar-refractivity contribution in [3.8, 4) is 5.75 Å². The summed E-state index contributed by atoms with van der Waals surface area (Å²) in [6.45, 7) is 5.17. The molecule has 142 valence electrons. The zero-order valence-corrected chi connectivity index (χ0v) is 15.9. The summed E-state index contributed by atoms with van der Waals surface area (Å²) in [4.78, 5) is 26.6. The smallest absolute Gasteiger partial charge is 0.240 e. The van der Waals surface area contributed by atoms with Crippen molar-refractivity contribution in [3.63, 3.8) is 0 Å². The number of ether oxygens (including phenoxy) is 1. The number of nitrogens with zero attached hydrogens (tertiary/aromatic N) is 1. The summed E-state index contributed by atoms with van der Waals surface area (Å²) in [5, 5.41) is 3.01. The summed E-state index contributed by atoms with van der Waals surface area (Å²) in [6.07, 6.45) is 0.264. The van der Waals surface area contributed by atoms with Gasteiger partial charge in [0.2, 0.25) is 11.8 Å². The van der Waals surface area contributed by atoms with E-state index in [0.29, 0.717) is 30.5 Å². The van der Waals surface area contributed by atoms with Crippen LogP contribution in [0.15, 0.2) is 54.6 Å². The minimum atomic E-state index is -0.165. The number of carbonyl (C=O) groups is 2. The summed E-state index contributed by atoms with van der Waals surface area (Å²) in [6, 6.07) is 17.5. The predicted molar refractivity (Wildman–Crippen MR) is 106 cm³/mol. The number of fused-ring (bicyclic) bond motifs is 1. The second-order valence-electron chi connectivity index (χ2n) is 7.11. The van der Waals surface area contributed by atoms with Crippen LogP contribution in [0.5, 0.6) is 5.75 Å². The molecule has 0 aliphatic carbocycles. The van der Waals surface area contributed by atoms with Crippen molar-refractivity contribution in [2.24, 2.45) is 5.92 Å². The topological polar surface area (TPSA) is 58.6 Å². The minimum Gasteiger partial charge on any atom is -0.491 e. The molecule has 1 N–H and O–H groups in total. The number of hydrogen-bond donors (Lipinski definition) is 1. The van der Waals surface area contributed by atoms with Crippen molar-refractivity contribution in [3.05, 3.63) is 60.2 Å². The lowest BCUT2D eigenvalue weighted by Gasteiger charge is -2.24. The Morgan fingerprint density at radius 1 is 1.11 bits per heavy atom. The van der Waals surface area contributed by atoms with Gasteiger partial charge in [-0.1, -0.05) is 56.3 Å². The predicted octanol–water partition coefficient (Wildman–Crippen LogP) is 3.36. The Morgan fingerprint density at radius 2 is 1.81 bits per heavy atom. The van der Waals surface area contributed by atoms with Crippen LogP contribution in [0.25, 0.3) is 0 Å². The normalized spacial score (nSPS) is 14.9. The molecular weight excluding hydrogens is 340 g/mol. The molecule has 2 aromatic carbocycles. The van der Waals surface area contributed by atoms with E-state index in [9.17, 15) is 9.59 Å². The van der Waals surface area contributed by atoms with Gasteiger partial charge in [-0.05, 0) is 23.6 Å². The first kappa shape index (κ1) is 19.0. The highest BCUT2D eigenvalue weighted by atomic mass is 16.5. The van der Waals surface area contributed by atoms with Gasteiger partial charge in [-0.3, -0.25) is 14.5 Å². The molecule has 0 radical (unpaired) electrons. The van der Waals surface area contributed by atoms with Crippen molar-refractivity contribution >= 4 is 17.5 Å². The molecule has 2 amide bonds. The number of benzene rings is 2. The second-order valence-corrected chi connectivity index (χ2v) is 7.11. The van der Waals surface area contributed by atoms with Crippen LogP contribution in [0.3, 0.4) is 0 Å². The number of anilines is 1. The largest absolute Gasteiger partial charge is 0.491 e. The van der Waals surface area contributed by atoms with Gasteiger partial charge in [0.1, 0.15) is 12.3 Å². The molecule has 0 saturated carbocycles. The molecule has 1 aliphatic rings. The summed E-state index contributed by atoms with van der Waals surface area (Å²) in [5.74, 6) is 0.993. The summed E-state index contributed by atoms with van der Waals surface area (Å²) in [5.41, 5.74) is 1.86. The zero-order valence-electron chi connectivity index (χ0n) is 15.9. The van der Waals surface area contributed by atoms with Gasteiger partial charge >= 0.3 is 0 Å². The molecule has 0 unspecified atom stereocenters. The fourth-order valence-corrected chi connectivity index (χ4v) is 3.36. The van der Waals surface area contributed by atoms with E-state index in [0.717, 1.165) is 0 Å². The van der Waals surface area contributed by atoms with Gasteiger partial charge in [-0.25, -0.2) is 0 Å². The SMILES string of the molecule is CC(C)[C@@H](CNC(=O)CN1C(=O)CCOc2ccccc21)c1ccccc1. The lowest BCUT2D eigenvalue weighted by atomic mass is 9.88. The van der Waals surface area contributed by atoms with Crippen LogP contribution in [-0.4, -0.2) is 31.5 Å². The molecule has 0 aromatic heterocycles. The molecule has 1 heterocycles. The third-order valence-corrected chi connectivity index (χ3v) is 4.88. The Kier molecular flexibility index (Phi) is 6.12. The molecule has 3 rings (SSSR count). The van der Waals surface area contributed by atoms with Gasteiger partial charge < -0.3 is 10.1 Å². The standard InChI is InChI=1S/C22H26N2O3/c1-16(2)18(17-8-4-3-5-9-17)14-23-21(25)15-24-19-10-6-7-11-20(19)27-13-12-22(24)26/h3-11,16,18H,12-15H2,1-2H3,(H,23,25)/t18-/m1/s1. The van der Waals surface area contributed by atoms with Gasteiger partial charge in [0.05, 0.1) is 18.7 Å². The van der Waals surface area contributed by atoms with E-state index in [1.54, 1.807) is 0 Å². The Bertz CT molecular complexity index is 789. The molecule has 1 aliphatic heterocycles. The van der Waals surface area contributed by atoms with Crippen LogP contribution in [0.2, 0.25) is 0 Å². The molecule has 1 atom stereocenters. The molecule has 2 aromatic rings. The van der Waals surface area contributed by atoms with E-state index >= 15 is 0 Å². The Morgan fingerprint density at radius 3 is 2.56 bits per heavy atom. The lowest BCUT2D eigenvalue weighted by Crippen LogP contribution is -2.42. The first-order valence-electron chi connectivity index (χ1n) is 9.40. The monoisotopic (exact) mass is 366 g/mol. The maximum atomic E-state index is 12.6. The van der Waals surface area contributed by atoms with E-state index in [-0.39, 0.29) is 30.7 Å². The third-order valence-electron chi connectivity index (χ3n) is 4.88. The lowest BCUT2D eigenvalue weighted by molar-refractivity contribution is -0.124. The van der Waals surface area contributed by atoms with Crippen molar-refractivity contribution in [1.82, 2.24) is 5.32 Å². The first-order valence-corrected chi connectivity index (χ1v) is 9.40. The zero-order chi connectivity index (χ0) is 19.2. The highest BCUT2D eigenvalue weighted by Gasteiger charge is 2.25. The second kappa shape index (κ2) is 8.71. The van der Waals surface area contributed by atoms with Crippen molar-refractivity contribution < 1.29 is 14.3 Å². The molecule has 5 nitrogen and oxygen atoms in total. The summed E-state index contributed by atoms with van der Waals surface area (Å²) in [7, 11) is 0. The fraction of sp³-hybridized carbons (Fsp3) is 0.364. The van der Waals surface area contributed by atoms with Crippen LogP contribution in [0.4, 0.5) is 5.69 Å². The molecular formula is C22H26N2O3. The Hall–Kier alpha value is -2.82. The fourth-order valence-electron chi connectivity index (χ4n) is 3.36. The average Bonchev–Trinajstić information content (AvgIpc) is 2.82. The van der Waals surface area contributed by atoms with Crippen molar-refractivity contribution in [1.29, 1.82) is 0 Å². The summed E-state index contributed by atoms with van der Waals surface area (Å²) >= 11 is 0. The maximum absolute atomic E-state index is 12.6. The van der Waals surface area contributed by atoms with Crippen LogP contribution in [-0.2, 0) is 9.59 Å². The van der Waals surface area contributed by atoms with Crippen LogP contribution < -0.4 is 15.0 Å². The average molecular weight is 366 g/mol. The highest BCUT2D eigenvalue weighted by molar-refractivity contribution is 6.00. The number of para-hydroxylation sites is 2. The van der Waals surface area contributed by atoms with E-state index in [1.165, 1.54) is 10.5 Å². The number of nitrogens with one attached hydrogen (secondary N) is 1. The number of rotatable bonds is 6. The molecule has 0 fully saturated rings. The highest BCUT2D eigenvalue weighted by Crippen LogP contribution is 2.30. The third kappa shape index (κ3) is 4.67. The molecule has 0 bridgehead atoms. The molecule has 27 heavy (non-hydrogen) atoms. The van der Waals surface area contributed by atoms with Crippen molar-refractivity contribution in [2.45, 2.75) is 26.2 Å². The van der Waals surface area contributed by atoms with Crippen molar-refractivity contribution in [2.75, 3.05) is 24.6 Å². The van der Waals surface area contributed by atoms with E-state index < -0.39 is 0 Å². The van der Waals surface area contributed by atoms with Gasteiger partial charge in [0, 0.05) is 12.5 Å². The Balaban J connectivity index is 1.67. The van der Waals surface area contributed by atoms with Crippen LogP contribution in [0.1, 0.15) is 31.7 Å². The van der Waals surface area contributed by atoms with Gasteiger partial charge in [-0.2, -0.15) is 0 Å². The number of hydrogen-bond acceptors (Lipinski definition) is 3. The van der Waals surface area contributed by atoms with Gasteiger partial charge in [0.15, 0.2) is 0 Å². The number of carbonyl (C=O) groups excluding carboxylic acids is 2. The Labute approximate surface area is 160 Å². The van der Waals surface area contributed by atoms with Gasteiger partial charge in [0.25, 0.3) is 0 Å². The van der Waals surface area contributed by atoms with E-state index in [1.807, 2.05) is 42.5 Å². The molecule has 0 saturated heterocycles. The summed E-state index contributed by atoms with van der Waals surface area (Å²) < 4.78 is 5.62. The van der Waals surface area contributed by atoms with E-state index in [2.05, 4.69) is 31.3 Å². The molecule has 5 heteroatoms. The number of amides is 2. The van der Waals surface area contributed by atoms with Crippen LogP contribution in [0, 0.1) is 5.92 Å². The minimum absolute atomic E-state index is 0.00118. The van der Waals surface area contributed by atoms with Gasteiger partial charge in [-0.15, -0.1) is 0 Å². The quantitative estimate of drug-likeness (QED) is 0.853. The maximum Gasteiger partial charge on any atom is 0.240 e. The van der Waals surface area contributed by atoms with E-state index in [4.69, 9.17) is 4.74 Å². The molecule has 0 spiro atoms.